The molecule has 234 valence electrons. The molecular formula is C46H28N2OS. The Morgan fingerprint density at radius 2 is 0.980 bits per heavy atom. The second-order valence-electron chi connectivity index (χ2n) is 12.5. The average Bonchev–Trinajstić information content (AvgIpc) is 3.77. The maximum absolute atomic E-state index is 6.77. The number of hydrogen-bond donors (Lipinski definition) is 0. The molecule has 0 radical (unpaired) electrons. The summed E-state index contributed by atoms with van der Waals surface area (Å²) in [5, 5.41) is 4.58. The lowest BCUT2D eigenvalue weighted by Crippen LogP contribution is -1.97. The number of fused-ring (bicyclic) bond motifs is 6. The highest BCUT2D eigenvalue weighted by molar-refractivity contribution is 7.25. The first-order valence-electron chi connectivity index (χ1n) is 16.7. The van der Waals surface area contributed by atoms with Crippen LogP contribution < -0.4 is 0 Å². The molecule has 0 fully saturated rings. The van der Waals surface area contributed by atoms with Crippen molar-refractivity contribution >= 4 is 53.4 Å². The minimum absolute atomic E-state index is 0.663. The van der Waals surface area contributed by atoms with Gasteiger partial charge in [-0.25, -0.2) is 9.97 Å². The van der Waals surface area contributed by atoms with Gasteiger partial charge in [-0.05, 0) is 53.1 Å². The van der Waals surface area contributed by atoms with Crippen molar-refractivity contribution in [2.75, 3.05) is 0 Å². The van der Waals surface area contributed by atoms with Crippen molar-refractivity contribution in [2.45, 2.75) is 0 Å². The maximum Gasteiger partial charge on any atom is 0.161 e. The molecule has 0 N–H and O–H groups in total. The van der Waals surface area contributed by atoms with Crippen LogP contribution in [0.15, 0.2) is 174 Å². The molecule has 0 saturated heterocycles. The largest absolute Gasteiger partial charge is 0.455 e. The monoisotopic (exact) mass is 656 g/mol. The molecule has 3 nitrogen and oxygen atoms in total. The Kier molecular flexibility index (Phi) is 6.68. The Morgan fingerprint density at radius 3 is 1.76 bits per heavy atom. The number of rotatable bonds is 5. The molecule has 0 saturated carbocycles. The van der Waals surface area contributed by atoms with Crippen LogP contribution in [0.5, 0.6) is 0 Å². The van der Waals surface area contributed by atoms with E-state index in [0.29, 0.717) is 5.82 Å². The summed E-state index contributed by atoms with van der Waals surface area (Å²) >= 11 is 1.83. The summed E-state index contributed by atoms with van der Waals surface area (Å²) in [6.45, 7) is 0. The molecule has 4 heteroatoms. The third-order valence-electron chi connectivity index (χ3n) is 9.54. The van der Waals surface area contributed by atoms with Crippen molar-refractivity contribution in [1.29, 1.82) is 0 Å². The molecule has 0 aliphatic carbocycles. The minimum atomic E-state index is 0.663. The zero-order valence-corrected chi connectivity index (χ0v) is 27.7. The van der Waals surface area contributed by atoms with Crippen LogP contribution in [0.3, 0.4) is 0 Å². The van der Waals surface area contributed by atoms with Gasteiger partial charge in [-0.15, -0.1) is 11.3 Å². The summed E-state index contributed by atoms with van der Waals surface area (Å²) in [5.41, 5.74) is 11.0. The Bertz CT molecular complexity index is 2850. The van der Waals surface area contributed by atoms with Gasteiger partial charge in [-0.2, -0.15) is 0 Å². The minimum Gasteiger partial charge on any atom is -0.455 e. The van der Waals surface area contributed by atoms with Gasteiger partial charge in [0.05, 0.1) is 11.4 Å². The molecule has 3 aromatic heterocycles. The number of furan rings is 1. The molecule has 10 aromatic rings. The van der Waals surface area contributed by atoms with Crippen molar-refractivity contribution in [1.82, 2.24) is 9.97 Å². The van der Waals surface area contributed by atoms with E-state index in [0.717, 1.165) is 61.1 Å². The fourth-order valence-electron chi connectivity index (χ4n) is 7.16. The molecule has 0 amide bonds. The van der Waals surface area contributed by atoms with E-state index in [1.165, 1.54) is 31.3 Å². The first-order valence-corrected chi connectivity index (χ1v) is 17.6. The smallest absolute Gasteiger partial charge is 0.161 e. The zero-order valence-electron chi connectivity index (χ0n) is 26.9. The van der Waals surface area contributed by atoms with Crippen LogP contribution in [0.1, 0.15) is 0 Å². The van der Waals surface area contributed by atoms with Crippen LogP contribution in [0, 0.1) is 0 Å². The first kappa shape index (κ1) is 28.6. The maximum atomic E-state index is 6.77. The van der Waals surface area contributed by atoms with E-state index in [-0.39, 0.29) is 0 Å². The number of nitrogens with zero attached hydrogens (tertiary/aromatic N) is 2. The number of benzene rings is 7. The van der Waals surface area contributed by atoms with Gasteiger partial charge in [-0.1, -0.05) is 133 Å². The van der Waals surface area contributed by atoms with E-state index in [1.54, 1.807) is 0 Å². The van der Waals surface area contributed by atoms with Crippen LogP contribution in [0.4, 0.5) is 0 Å². The first-order chi connectivity index (χ1) is 24.8. The predicted octanol–water partition coefficient (Wildman–Crippen LogP) is 13.1. The van der Waals surface area contributed by atoms with Gasteiger partial charge < -0.3 is 4.42 Å². The molecule has 0 bridgehead atoms. The predicted molar refractivity (Wildman–Crippen MR) is 209 cm³/mol. The number of thiophene rings is 1. The highest BCUT2D eigenvalue weighted by atomic mass is 32.1. The van der Waals surface area contributed by atoms with Gasteiger partial charge in [0.2, 0.25) is 0 Å². The topological polar surface area (TPSA) is 38.9 Å². The van der Waals surface area contributed by atoms with Crippen molar-refractivity contribution in [3.63, 3.8) is 0 Å². The Labute approximate surface area is 292 Å². The van der Waals surface area contributed by atoms with Gasteiger partial charge >= 0.3 is 0 Å². The third-order valence-corrected chi connectivity index (χ3v) is 10.7. The van der Waals surface area contributed by atoms with Crippen LogP contribution in [0.25, 0.3) is 98.3 Å². The second-order valence-corrected chi connectivity index (χ2v) is 13.6. The van der Waals surface area contributed by atoms with Crippen molar-refractivity contribution < 1.29 is 4.42 Å². The zero-order chi connectivity index (χ0) is 33.0. The van der Waals surface area contributed by atoms with Crippen LogP contribution in [0.2, 0.25) is 0 Å². The van der Waals surface area contributed by atoms with E-state index in [4.69, 9.17) is 14.4 Å². The Hall–Kier alpha value is -6.36. The van der Waals surface area contributed by atoms with E-state index < -0.39 is 0 Å². The number of aromatic nitrogens is 2. The summed E-state index contributed by atoms with van der Waals surface area (Å²) in [6.07, 6.45) is 0. The lowest BCUT2D eigenvalue weighted by molar-refractivity contribution is 0.670. The summed E-state index contributed by atoms with van der Waals surface area (Å²) in [7, 11) is 0. The quantitative estimate of drug-likeness (QED) is 0.185. The summed E-state index contributed by atoms with van der Waals surface area (Å²) in [4.78, 5) is 10.5. The summed E-state index contributed by atoms with van der Waals surface area (Å²) < 4.78 is 9.31. The highest BCUT2D eigenvalue weighted by Gasteiger charge is 2.22. The molecule has 7 aromatic carbocycles. The summed E-state index contributed by atoms with van der Waals surface area (Å²) in [5.74, 6) is 0.663. The molecule has 3 heterocycles. The number of para-hydroxylation sites is 1. The van der Waals surface area contributed by atoms with E-state index in [2.05, 4.69) is 146 Å². The Morgan fingerprint density at radius 1 is 0.400 bits per heavy atom. The lowest BCUT2D eigenvalue weighted by Gasteiger charge is -2.12. The van der Waals surface area contributed by atoms with E-state index in [9.17, 15) is 0 Å². The Balaban J connectivity index is 1.21. The molecule has 0 spiro atoms. The van der Waals surface area contributed by atoms with E-state index in [1.807, 2.05) is 35.6 Å². The summed E-state index contributed by atoms with van der Waals surface area (Å²) in [6, 6.07) is 59.4. The third kappa shape index (κ3) is 4.73. The molecule has 10 rings (SSSR count). The lowest BCUT2D eigenvalue weighted by atomic mass is 9.95. The molecule has 0 atom stereocenters. The van der Waals surface area contributed by atoms with Gasteiger partial charge in [0, 0.05) is 53.2 Å². The normalized spacial score (nSPS) is 11.6. The fraction of sp³-hybridized carbons (Fsp3) is 0. The SMILES string of the molecule is c1ccc(-c2ccc(-c3cc(-c4ccccc4)nc(-c4ccc(-c5cccc6sc7ccccc7c56)c5oc6ccccc6c45)n3)cc2)cc1. The fourth-order valence-corrected chi connectivity index (χ4v) is 8.29. The second kappa shape index (κ2) is 11.7. The van der Waals surface area contributed by atoms with Crippen LogP contribution in [-0.4, -0.2) is 9.97 Å². The number of hydrogen-bond acceptors (Lipinski definition) is 4. The standard InChI is InChI=1S/C46H28N2OS/c1-3-12-29(13-4-1)30-22-24-32(25-23-30)39-28-38(31-14-5-2-6-15-31)47-46(48-39)37-27-26-34(45-44(37)35-16-7-9-19-40(35)49-45)33-18-11-21-42-43(33)36-17-8-10-20-41(36)50-42/h1-28H. The van der Waals surface area contributed by atoms with Gasteiger partial charge in [0.1, 0.15) is 11.2 Å². The van der Waals surface area contributed by atoms with E-state index >= 15 is 0 Å². The molecule has 0 unspecified atom stereocenters. The van der Waals surface area contributed by atoms with Crippen LogP contribution in [-0.2, 0) is 0 Å². The highest BCUT2D eigenvalue weighted by Crippen LogP contribution is 2.46. The van der Waals surface area contributed by atoms with Gasteiger partial charge in [-0.3, -0.25) is 0 Å². The molecular weight excluding hydrogens is 629 g/mol. The molecule has 50 heavy (non-hydrogen) atoms. The molecule has 0 aliphatic heterocycles. The van der Waals surface area contributed by atoms with Gasteiger partial charge in [0.15, 0.2) is 5.82 Å². The average molecular weight is 657 g/mol. The molecule has 0 aliphatic rings. The van der Waals surface area contributed by atoms with Gasteiger partial charge in [0.25, 0.3) is 0 Å². The van der Waals surface area contributed by atoms with Crippen molar-refractivity contribution in [3.8, 4) is 56.2 Å². The van der Waals surface area contributed by atoms with Crippen LogP contribution >= 0.6 is 11.3 Å². The van der Waals surface area contributed by atoms with Crippen molar-refractivity contribution in [3.05, 3.63) is 170 Å². The van der Waals surface area contributed by atoms with Crippen molar-refractivity contribution in [2.24, 2.45) is 0 Å².